The van der Waals surface area contributed by atoms with Crippen LogP contribution in [0.1, 0.15) is 25.7 Å². The first-order valence-electron chi connectivity index (χ1n) is 5.93. The lowest BCUT2D eigenvalue weighted by Gasteiger charge is -2.18. The maximum Gasteiger partial charge on any atom is 0.200 e. The topological polar surface area (TPSA) is 29.5 Å². The fraction of sp³-hybridized carbons (Fsp3) is 0.538. The molecule has 1 N–H and O–H groups in total. The van der Waals surface area contributed by atoms with Gasteiger partial charge < -0.3 is 9.84 Å². The smallest absolute Gasteiger partial charge is 0.200 e. The van der Waals surface area contributed by atoms with Gasteiger partial charge in [-0.15, -0.1) is 0 Å². The van der Waals surface area contributed by atoms with Crippen molar-refractivity contribution in [2.75, 3.05) is 6.61 Å². The predicted octanol–water partition coefficient (Wildman–Crippen LogP) is 2.89. The summed E-state index contributed by atoms with van der Waals surface area (Å²) in [6, 6.07) is 3.78. The largest absolute Gasteiger partial charge is 0.488 e. The van der Waals surface area contributed by atoms with Gasteiger partial charge in [0.2, 0.25) is 5.82 Å². The third-order valence-corrected chi connectivity index (χ3v) is 3.27. The molecule has 0 spiro atoms. The number of hydrogen-bond acceptors (Lipinski definition) is 2. The number of aliphatic hydroxyl groups excluding tert-OH is 1. The molecule has 94 valence electrons. The molecule has 0 aliphatic heterocycles. The van der Waals surface area contributed by atoms with Crippen molar-refractivity contribution in [3.05, 3.63) is 29.8 Å². The van der Waals surface area contributed by atoms with Gasteiger partial charge in [0.25, 0.3) is 0 Å². The second kappa shape index (κ2) is 5.45. The molecule has 2 nitrogen and oxygen atoms in total. The van der Waals surface area contributed by atoms with Crippen molar-refractivity contribution in [2.45, 2.75) is 31.8 Å². The second-order valence-electron chi connectivity index (χ2n) is 4.47. The van der Waals surface area contributed by atoms with Crippen LogP contribution in [-0.4, -0.2) is 17.8 Å². The van der Waals surface area contributed by atoms with Gasteiger partial charge in [-0.25, -0.2) is 4.39 Å². The Hall–Kier alpha value is -1.16. The number of halogens is 2. The van der Waals surface area contributed by atoms with E-state index in [1.807, 2.05) is 0 Å². The molecule has 4 heteroatoms. The number of benzene rings is 1. The molecule has 0 amide bonds. The zero-order chi connectivity index (χ0) is 12.3. The van der Waals surface area contributed by atoms with E-state index in [0.717, 1.165) is 31.7 Å². The van der Waals surface area contributed by atoms with E-state index in [9.17, 15) is 13.9 Å². The maximum atomic E-state index is 13.2. The van der Waals surface area contributed by atoms with Gasteiger partial charge in [-0.3, -0.25) is 0 Å². The van der Waals surface area contributed by atoms with Crippen molar-refractivity contribution in [1.29, 1.82) is 0 Å². The first kappa shape index (κ1) is 12.3. The Balaban J connectivity index is 1.90. The summed E-state index contributed by atoms with van der Waals surface area (Å²) < 4.78 is 31.3. The van der Waals surface area contributed by atoms with E-state index in [1.54, 1.807) is 0 Å². The fourth-order valence-corrected chi connectivity index (χ4v) is 2.25. The molecule has 0 bridgehead atoms. The van der Waals surface area contributed by atoms with Crippen LogP contribution in [0.2, 0.25) is 0 Å². The van der Waals surface area contributed by atoms with Crippen LogP contribution in [0.25, 0.3) is 0 Å². The highest BCUT2D eigenvalue weighted by Gasteiger charge is 2.24. The molecule has 0 saturated heterocycles. The Bertz CT molecular complexity index is 376. The monoisotopic (exact) mass is 242 g/mol. The molecule has 1 aliphatic carbocycles. The van der Waals surface area contributed by atoms with E-state index >= 15 is 0 Å². The average Bonchev–Trinajstić information content (AvgIpc) is 2.84. The Morgan fingerprint density at radius 1 is 1.29 bits per heavy atom. The van der Waals surface area contributed by atoms with Crippen LogP contribution in [0.15, 0.2) is 18.2 Å². The van der Waals surface area contributed by atoms with Crippen LogP contribution in [0.4, 0.5) is 8.78 Å². The van der Waals surface area contributed by atoms with Crippen LogP contribution in [0.5, 0.6) is 5.75 Å². The maximum absolute atomic E-state index is 13.2. The summed E-state index contributed by atoms with van der Waals surface area (Å²) in [7, 11) is 0. The van der Waals surface area contributed by atoms with Crippen molar-refractivity contribution in [3.63, 3.8) is 0 Å². The minimum atomic E-state index is -0.994. The highest BCUT2D eigenvalue weighted by atomic mass is 19.2. The van der Waals surface area contributed by atoms with Crippen molar-refractivity contribution < 1.29 is 18.6 Å². The van der Waals surface area contributed by atoms with Gasteiger partial charge >= 0.3 is 0 Å². The van der Waals surface area contributed by atoms with Gasteiger partial charge in [0.1, 0.15) is 6.61 Å². The zero-order valence-electron chi connectivity index (χ0n) is 9.53. The van der Waals surface area contributed by atoms with Crippen molar-refractivity contribution in [3.8, 4) is 5.75 Å². The molecule has 1 aromatic rings. The molecule has 0 heterocycles. The van der Waals surface area contributed by atoms with E-state index in [4.69, 9.17) is 4.74 Å². The summed E-state index contributed by atoms with van der Waals surface area (Å²) in [6.45, 7) is 0.0189. The van der Waals surface area contributed by atoms with Gasteiger partial charge in [0.05, 0.1) is 6.10 Å². The van der Waals surface area contributed by atoms with Crippen LogP contribution >= 0.6 is 0 Å². The van der Waals surface area contributed by atoms with Crippen LogP contribution < -0.4 is 4.74 Å². The van der Waals surface area contributed by atoms with Gasteiger partial charge in [-0.05, 0) is 30.9 Å². The molecule has 1 aliphatic rings. The molecule has 1 saturated carbocycles. The van der Waals surface area contributed by atoms with Crippen molar-refractivity contribution in [1.82, 2.24) is 0 Å². The molecule has 17 heavy (non-hydrogen) atoms. The lowest BCUT2D eigenvalue weighted by Crippen LogP contribution is -2.25. The molecule has 1 fully saturated rings. The predicted molar refractivity (Wildman–Crippen MR) is 59.8 cm³/mol. The molecule has 0 radical (unpaired) electrons. The lowest BCUT2D eigenvalue weighted by atomic mass is 10.0. The molecular weight excluding hydrogens is 226 g/mol. The minimum Gasteiger partial charge on any atom is -0.488 e. The molecule has 0 aromatic heterocycles. The summed E-state index contributed by atoms with van der Waals surface area (Å²) in [5.74, 6) is -1.84. The fourth-order valence-electron chi connectivity index (χ4n) is 2.25. The van der Waals surface area contributed by atoms with Crippen molar-refractivity contribution in [2.24, 2.45) is 5.92 Å². The van der Waals surface area contributed by atoms with Gasteiger partial charge in [-0.1, -0.05) is 18.9 Å². The molecule has 1 aromatic carbocycles. The highest BCUT2D eigenvalue weighted by molar-refractivity contribution is 5.25. The summed E-state index contributed by atoms with van der Waals surface area (Å²) in [4.78, 5) is 0. The minimum absolute atomic E-state index is 0.0189. The summed E-state index contributed by atoms with van der Waals surface area (Å²) >= 11 is 0. The normalized spacial score (nSPS) is 18.3. The molecule has 1 atom stereocenters. The number of hydrogen-bond donors (Lipinski definition) is 1. The second-order valence-corrected chi connectivity index (χ2v) is 4.47. The average molecular weight is 242 g/mol. The van der Waals surface area contributed by atoms with Gasteiger partial charge in [-0.2, -0.15) is 4.39 Å². The van der Waals surface area contributed by atoms with E-state index in [1.165, 1.54) is 12.1 Å². The molecule has 1 unspecified atom stereocenters. The van der Waals surface area contributed by atoms with Crippen LogP contribution in [0, 0.1) is 17.6 Å². The number of ether oxygens (including phenoxy) is 1. The lowest BCUT2D eigenvalue weighted by molar-refractivity contribution is 0.0575. The Morgan fingerprint density at radius 3 is 2.71 bits per heavy atom. The van der Waals surface area contributed by atoms with Gasteiger partial charge in [0, 0.05) is 0 Å². The quantitative estimate of drug-likeness (QED) is 0.879. The Kier molecular flexibility index (Phi) is 3.94. The summed E-state index contributed by atoms with van der Waals surface area (Å²) in [5.41, 5.74) is 0. The standard InChI is InChI=1S/C13H16F2O2/c14-10-6-3-7-12(13(10)15)17-8-11(16)9-4-1-2-5-9/h3,6-7,9,11,16H,1-2,4-5,8H2. The SMILES string of the molecule is OC(COc1cccc(F)c1F)C1CCCC1. The summed E-state index contributed by atoms with van der Waals surface area (Å²) in [5, 5.41) is 9.83. The summed E-state index contributed by atoms with van der Waals surface area (Å²) in [6.07, 6.45) is 3.61. The highest BCUT2D eigenvalue weighted by Crippen LogP contribution is 2.28. The third kappa shape index (κ3) is 2.94. The van der Waals surface area contributed by atoms with Crippen LogP contribution in [-0.2, 0) is 0 Å². The third-order valence-electron chi connectivity index (χ3n) is 3.27. The van der Waals surface area contributed by atoms with Crippen molar-refractivity contribution >= 4 is 0 Å². The Morgan fingerprint density at radius 2 is 2.00 bits per heavy atom. The number of rotatable bonds is 4. The van der Waals surface area contributed by atoms with E-state index in [2.05, 4.69) is 0 Å². The Labute approximate surface area is 99.2 Å². The van der Waals surface area contributed by atoms with E-state index < -0.39 is 17.7 Å². The zero-order valence-corrected chi connectivity index (χ0v) is 9.53. The van der Waals surface area contributed by atoms with Crippen LogP contribution in [0.3, 0.4) is 0 Å². The number of aliphatic hydroxyl groups is 1. The van der Waals surface area contributed by atoms with Gasteiger partial charge in [0.15, 0.2) is 11.6 Å². The first-order chi connectivity index (χ1) is 8.18. The van der Waals surface area contributed by atoms with E-state index in [-0.39, 0.29) is 18.3 Å². The van der Waals surface area contributed by atoms with E-state index in [0.29, 0.717) is 0 Å². The molecule has 2 rings (SSSR count). The molecular formula is C13H16F2O2. The first-order valence-corrected chi connectivity index (χ1v) is 5.93.